The number of rotatable bonds is 12. The monoisotopic (exact) mass is 564 g/mol. The van der Waals surface area contributed by atoms with E-state index in [1.54, 1.807) is 42.5 Å². The number of fused-ring (bicyclic) bond motifs is 1. The summed E-state index contributed by atoms with van der Waals surface area (Å²) >= 11 is 0. The highest BCUT2D eigenvalue weighted by atomic mass is 31.1. The number of hydrogen-bond donors (Lipinski definition) is 3. The molecule has 0 radical (unpaired) electrons. The first-order valence-electron chi connectivity index (χ1n) is 12.3. The molecule has 0 aliphatic rings. The summed E-state index contributed by atoms with van der Waals surface area (Å²) in [6, 6.07) is 17.8. The SMILES string of the molecule is CCOc1cc(N=Nc2c(C)cc3ccc(N)cc3c2O)c(OCC)cc1N=Nc1cccc(POOON)c1. The predicted molar refractivity (Wildman–Crippen MR) is 154 cm³/mol. The Morgan fingerprint density at radius 3 is 2.23 bits per heavy atom. The van der Waals surface area contributed by atoms with Crippen LogP contribution in [0, 0.1) is 6.92 Å². The van der Waals surface area contributed by atoms with Crippen LogP contribution in [0.5, 0.6) is 17.2 Å². The molecule has 0 aliphatic carbocycles. The molecule has 4 aromatic carbocycles. The van der Waals surface area contributed by atoms with Gasteiger partial charge in [0.05, 0.1) is 27.7 Å². The molecule has 12 nitrogen and oxygen atoms in total. The van der Waals surface area contributed by atoms with Crippen molar-refractivity contribution >= 4 is 53.3 Å². The second kappa shape index (κ2) is 13.7. The van der Waals surface area contributed by atoms with Gasteiger partial charge >= 0.3 is 0 Å². The summed E-state index contributed by atoms with van der Waals surface area (Å²) in [4.78, 5) is 3.94. The van der Waals surface area contributed by atoms with Gasteiger partial charge in [-0.15, -0.1) is 20.3 Å². The lowest BCUT2D eigenvalue weighted by atomic mass is 10.0. The van der Waals surface area contributed by atoms with Gasteiger partial charge in [0.25, 0.3) is 0 Å². The number of aryl methyl sites for hydroxylation is 1. The molecule has 13 heteroatoms. The number of ether oxygens (including phenoxy) is 2. The van der Waals surface area contributed by atoms with E-state index in [9.17, 15) is 5.11 Å². The van der Waals surface area contributed by atoms with E-state index in [0.29, 0.717) is 58.5 Å². The van der Waals surface area contributed by atoms with Crippen LogP contribution in [-0.2, 0) is 14.7 Å². The molecule has 0 aliphatic heterocycles. The molecule has 0 saturated carbocycles. The standard InChI is InChI=1S/C27H29N6O6P/c1-4-35-24-15-23(32-33-26-16(3)11-17-9-10-18(28)12-21(17)27(26)34)25(36-5-2)14-22(24)31-30-19-7-6-8-20(13-19)40-39-38-37-29/h6-15,34,40H,4-5,28-29H2,1-3H3. The number of hydrogen-bond acceptors (Lipinski definition) is 12. The zero-order chi connectivity index (χ0) is 28.5. The Kier molecular flexibility index (Phi) is 9.90. The van der Waals surface area contributed by atoms with Crippen LogP contribution < -0.4 is 26.4 Å². The Balaban J connectivity index is 1.68. The number of benzene rings is 4. The fourth-order valence-corrected chi connectivity index (χ4v) is 4.36. The molecule has 0 spiro atoms. The average Bonchev–Trinajstić information content (AvgIpc) is 2.94. The van der Waals surface area contributed by atoms with Crippen molar-refractivity contribution in [3.8, 4) is 17.2 Å². The van der Waals surface area contributed by atoms with Gasteiger partial charge in [-0.2, -0.15) is 15.7 Å². The molecule has 1 atom stereocenters. The summed E-state index contributed by atoms with van der Waals surface area (Å²) in [6.45, 7) is 6.33. The topological polar surface area (TPSA) is 168 Å². The number of nitrogens with two attached hydrogens (primary N) is 2. The fourth-order valence-electron chi connectivity index (χ4n) is 3.82. The summed E-state index contributed by atoms with van der Waals surface area (Å²) in [5.74, 6) is 5.63. The van der Waals surface area contributed by atoms with Gasteiger partial charge in [0.1, 0.15) is 28.6 Å². The molecule has 5 N–H and O–H groups in total. The van der Waals surface area contributed by atoms with Crippen molar-refractivity contribution in [3.05, 3.63) is 66.2 Å². The molecule has 40 heavy (non-hydrogen) atoms. The molecule has 0 heterocycles. The van der Waals surface area contributed by atoms with Crippen LogP contribution >= 0.6 is 8.81 Å². The largest absolute Gasteiger partial charge is 0.505 e. The van der Waals surface area contributed by atoms with Gasteiger partial charge in [-0.1, -0.05) is 18.2 Å². The molecule has 4 aromatic rings. The lowest BCUT2D eigenvalue weighted by Gasteiger charge is -2.12. The Morgan fingerprint density at radius 2 is 1.55 bits per heavy atom. The molecular weight excluding hydrogens is 535 g/mol. The third-order valence-electron chi connectivity index (χ3n) is 5.55. The highest BCUT2D eigenvalue weighted by molar-refractivity contribution is 7.41. The van der Waals surface area contributed by atoms with E-state index in [2.05, 4.69) is 30.5 Å². The molecule has 4 rings (SSSR count). The molecular formula is C27H29N6O6P. The predicted octanol–water partition coefficient (Wildman–Crippen LogP) is 7.04. The van der Waals surface area contributed by atoms with E-state index in [-0.39, 0.29) is 14.6 Å². The Bertz CT molecular complexity index is 1550. The number of anilines is 1. The number of nitrogens with zero attached hydrogens (tertiary/aromatic N) is 4. The number of aromatic hydroxyl groups is 1. The highest BCUT2D eigenvalue weighted by Gasteiger charge is 2.15. The zero-order valence-corrected chi connectivity index (χ0v) is 23.1. The Hall–Kier alpha value is -4.19. The maximum Gasteiger partial charge on any atom is 0.151 e. The number of azo groups is 2. The van der Waals surface area contributed by atoms with Crippen LogP contribution in [0.2, 0.25) is 0 Å². The number of nitrogen functional groups attached to an aromatic ring is 1. The normalized spacial score (nSPS) is 11.9. The first-order valence-corrected chi connectivity index (χ1v) is 13.2. The lowest BCUT2D eigenvalue weighted by Crippen LogP contribution is -2.00. The van der Waals surface area contributed by atoms with E-state index in [4.69, 9.17) is 25.8 Å². The average molecular weight is 565 g/mol. The van der Waals surface area contributed by atoms with Crippen molar-refractivity contribution < 1.29 is 29.3 Å². The van der Waals surface area contributed by atoms with Crippen molar-refractivity contribution in [1.82, 2.24) is 0 Å². The van der Waals surface area contributed by atoms with Gasteiger partial charge in [-0.3, -0.25) is 0 Å². The van der Waals surface area contributed by atoms with Crippen LogP contribution in [0.1, 0.15) is 19.4 Å². The Labute approximate surface area is 232 Å². The van der Waals surface area contributed by atoms with Crippen LogP contribution in [0.4, 0.5) is 28.4 Å². The molecule has 0 amide bonds. The van der Waals surface area contributed by atoms with E-state index in [0.717, 1.165) is 16.3 Å². The minimum Gasteiger partial charge on any atom is -0.505 e. The quantitative estimate of drug-likeness (QED) is 0.0411. The van der Waals surface area contributed by atoms with Crippen LogP contribution in [0.3, 0.4) is 0 Å². The lowest BCUT2D eigenvalue weighted by molar-refractivity contribution is -0.466. The summed E-state index contributed by atoms with van der Waals surface area (Å²) in [5.41, 5.74) is 8.96. The first-order chi connectivity index (χ1) is 19.4. The summed E-state index contributed by atoms with van der Waals surface area (Å²) in [5, 5.41) is 34.9. The van der Waals surface area contributed by atoms with Crippen molar-refractivity contribution in [2.45, 2.75) is 20.8 Å². The minimum absolute atomic E-state index is 0.00480. The summed E-state index contributed by atoms with van der Waals surface area (Å²) in [7, 11) is -0.169. The molecule has 1 unspecified atom stereocenters. The molecule has 208 valence electrons. The van der Waals surface area contributed by atoms with Crippen LogP contribution in [-0.4, -0.2) is 18.3 Å². The highest BCUT2D eigenvalue weighted by Crippen LogP contribution is 2.43. The maximum atomic E-state index is 10.9. The van der Waals surface area contributed by atoms with Gasteiger partial charge in [0, 0.05) is 28.5 Å². The van der Waals surface area contributed by atoms with Gasteiger partial charge in [0.2, 0.25) is 0 Å². The molecule has 0 fully saturated rings. The Morgan fingerprint density at radius 1 is 0.850 bits per heavy atom. The molecule has 0 aromatic heterocycles. The third kappa shape index (κ3) is 7.06. The zero-order valence-electron chi connectivity index (χ0n) is 22.1. The van der Waals surface area contributed by atoms with Crippen LogP contribution in [0.25, 0.3) is 10.8 Å². The first kappa shape index (κ1) is 28.8. The van der Waals surface area contributed by atoms with Crippen molar-refractivity contribution in [2.75, 3.05) is 18.9 Å². The number of phenols is 1. The summed E-state index contributed by atoms with van der Waals surface area (Å²) < 4.78 is 16.5. The van der Waals surface area contributed by atoms with E-state index in [1.807, 2.05) is 39.0 Å². The smallest absolute Gasteiger partial charge is 0.151 e. The van der Waals surface area contributed by atoms with Crippen LogP contribution in [0.15, 0.2) is 81.1 Å². The van der Waals surface area contributed by atoms with Gasteiger partial charge < -0.3 is 20.3 Å². The second-order valence-corrected chi connectivity index (χ2v) is 9.27. The minimum atomic E-state index is -0.169. The van der Waals surface area contributed by atoms with Gasteiger partial charge in [0.15, 0.2) is 5.75 Å². The van der Waals surface area contributed by atoms with E-state index >= 15 is 0 Å². The van der Waals surface area contributed by atoms with Gasteiger partial charge in [-0.25, -0.2) is 0 Å². The maximum absolute atomic E-state index is 10.9. The third-order valence-corrected chi connectivity index (χ3v) is 6.25. The summed E-state index contributed by atoms with van der Waals surface area (Å²) in [6.07, 6.45) is 0. The second-order valence-electron chi connectivity index (χ2n) is 8.32. The van der Waals surface area contributed by atoms with Crippen molar-refractivity contribution in [2.24, 2.45) is 26.4 Å². The van der Waals surface area contributed by atoms with Crippen molar-refractivity contribution in [3.63, 3.8) is 0 Å². The van der Waals surface area contributed by atoms with E-state index in [1.165, 1.54) is 0 Å². The fraction of sp³-hybridized carbons (Fsp3) is 0.185. The van der Waals surface area contributed by atoms with Gasteiger partial charge in [-0.05, 0) is 67.1 Å². The number of phenolic OH excluding ortho intramolecular Hbond substituents is 1. The van der Waals surface area contributed by atoms with Crippen molar-refractivity contribution in [1.29, 1.82) is 0 Å². The molecule has 0 bridgehead atoms. The van der Waals surface area contributed by atoms with E-state index < -0.39 is 0 Å². The molecule has 0 saturated heterocycles.